The molecule has 0 radical (unpaired) electrons. The molecule has 2 rings (SSSR count). The average Bonchev–Trinajstić information content (AvgIpc) is 2.59. The highest BCUT2D eigenvalue weighted by atomic mass is 35.5. The van der Waals surface area contributed by atoms with Crippen LogP contribution in [0.5, 0.6) is 5.75 Å². The smallest absolute Gasteiger partial charge is 0.344 e. The van der Waals surface area contributed by atoms with Gasteiger partial charge in [-0.3, -0.25) is 4.79 Å². The molecule has 0 fully saturated rings. The summed E-state index contributed by atoms with van der Waals surface area (Å²) >= 11 is 13.3. The van der Waals surface area contributed by atoms with Gasteiger partial charge >= 0.3 is 5.97 Å². The van der Waals surface area contributed by atoms with Crippen molar-refractivity contribution in [3.63, 3.8) is 0 Å². The fourth-order valence-electron chi connectivity index (χ4n) is 1.81. The molecule has 0 heterocycles. The number of halogens is 2. The highest BCUT2D eigenvalue weighted by Gasteiger charge is 2.10. The van der Waals surface area contributed by atoms with Gasteiger partial charge in [-0.15, -0.1) is 11.8 Å². The lowest BCUT2D eigenvalue weighted by molar-refractivity contribution is -0.149. The van der Waals surface area contributed by atoms with Gasteiger partial charge in [0.15, 0.2) is 13.2 Å². The lowest BCUT2D eigenvalue weighted by atomic mass is 10.3. The molecule has 0 unspecified atom stereocenters. The fourth-order valence-corrected chi connectivity index (χ4v) is 2.74. The Kier molecular flexibility index (Phi) is 7.43. The minimum atomic E-state index is -0.681. The van der Waals surface area contributed by atoms with E-state index in [1.54, 1.807) is 30.0 Å². The quantitative estimate of drug-likeness (QED) is 0.555. The fraction of sp³-hybridized carbons (Fsp3) is 0.176. The van der Waals surface area contributed by atoms with Crippen molar-refractivity contribution in [3.05, 3.63) is 52.5 Å². The van der Waals surface area contributed by atoms with Crippen molar-refractivity contribution < 1.29 is 19.1 Å². The molecule has 0 saturated heterocycles. The van der Waals surface area contributed by atoms with Gasteiger partial charge in [0.05, 0.1) is 5.02 Å². The van der Waals surface area contributed by atoms with Crippen LogP contribution in [-0.4, -0.2) is 31.3 Å². The maximum Gasteiger partial charge on any atom is 0.344 e. The number of hydrogen-bond acceptors (Lipinski definition) is 5. The van der Waals surface area contributed by atoms with Crippen molar-refractivity contribution in [1.82, 2.24) is 0 Å². The molecular weight excluding hydrogens is 385 g/mol. The molecule has 5 nitrogen and oxygen atoms in total. The number of hydrogen-bond donors (Lipinski definition) is 1. The molecule has 25 heavy (non-hydrogen) atoms. The van der Waals surface area contributed by atoms with E-state index in [4.69, 9.17) is 32.7 Å². The van der Waals surface area contributed by atoms with Gasteiger partial charge in [0.2, 0.25) is 0 Å². The Labute approximate surface area is 159 Å². The lowest BCUT2D eigenvalue weighted by Gasteiger charge is -2.09. The Hall–Kier alpha value is -1.89. The molecule has 0 atom stereocenters. The minimum absolute atomic E-state index is 0.284. The zero-order chi connectivity index (χ0) is 18.2. The minimum Gasteiger partial charge on any atom is -0.480 e. The van der Waals surface area contributed by atoms with E-state index in [0.29, 0.717) is 16.5 Å². The summed E-state index contributed by atoms with van der Waals surface area (Å²) in [6.45, 7) is -0.767. The molecule has 0 aliphatic carbocycles. The number of carbonyl (C=O) groups excluding carboxylic acids is 2. The average molecular weight is 400 g/mol. The van der Waals surface area contributed by atoms with E-state index in [1.807, 2.05) is 24.5 Å². The summed E-state index contributed by atoms with van der Waals surface area (Å²) in [5.74, 6) is -0.809. The second-order valence-electron chi connectivity index (χ2n) is 4.80. The normalized spacial score (nSPS) is 10.2. The second-order valence-corrected chi connectivity index (χ2v) is 6.53. The molecule has 0 aromatic heterocycles. The highest BCUT2D eigenvalue weighted by Crippen LogP contribution is 2.27. The van der Waals surface area contributed by atoms with Crippen molar-refractivity contribution >= 4 is 52.5 Å². The van der Waals surface area contributed by atoms with Gasteiger partial charge in [-0.05, 0) is 42.7 Å². The third-order valence-corrected chi connectivity index (χ3v) is 4.21. The third kappa shape index (κ3) is 6.49. The number of esters is 1. The second kappa shape index (κ2) is 9.56. The van der Waals surface area contributed by atoms with Crippen molar-refractivity contribution in [2.24, 2.45) is 0 Å². The Bertz CT molecular complexity index is 770. The van der Waals surface area contributed by atoms with Crippen LogP contribution in [0.1, 0.15) is 0 Å². The summed E-state index contributed by atoms with van der Waals surface area (Å²) in [6.07, 6.45) is 1.94. The molecule has 2 aromatic rings. The van der Waals surface area contributed by atoms with E-state index in [9.17, 15) is 9.59 Å². The first-order chi connectivity index (χ1) is 12.0. The van der Waals surface area contributed by atoms with E-state index in [-0.39, 0.29) is 11.6 Å². The summed E-state index contributed by atoms with van der Waals surface area (Å²) in [6, 6.07) is 12.0. The van der Waals surface area contributed by atoms with Crippen molar-refractivity contribution in [3.8, 4) is 5.75 Å². The van der Waals surface area contributed by atoms with Crippen LogP contribution < -0.4 is 10.1 Å². The van der Waals surface area contributed by atoms with Crippen LogP contribution in [0, 0.1) is 0 Å². The van der Waals surface area contributed by atoms with E-state index in [2.05, 4.69) is 5.32 Å². The standard InChI is InChI=1S/C17H15Cl2NO4S/c1-25-13-4-2-3-12(8-13)20-16(21)9-24-17(22)10-23-15-6-5-11(18)7-14(15)19/h2-8H,9-10H2,1H3,(H,20,21). The zero-order valence-electron chi connectivity index (χ0n) is 13.3. The number of carbonyl (C=O) groups is 2. The molecule has 2 aromatic carbocycles. The van der Waals surface area contributed by atoms with E-state index < -0.39 is 18.5 Å². The zero-order valence-corrected chi connectivity index (χ0v) is 15.6. The predicted molar refractivity (Wildman–Crippen MR) is 99.8 cm³/mol. The first-order valence-corrected chi connectivity index (χ1v) is 9.13. The number of amides is 1. The molecular formula is C17H15Cl2NO4S. The van der Waals surface area contributed by atoms with Crippen LogP contribution in [0.25, 0.3) is 0 Å². The number of benzene rings is 2. The van der Waals surface area contributed by atoms with Crippen molar-refractivity contribution in [2.75, 3.05) is 24.8 Å². The summed E-state index contributed by atoms with van der Waals surface area (Å²) in [5.41, 5.74) is 0.636. The van der Waals surface area contributed by atoms with Gasteiger partial charge in [-0.1, -0.05) is 29.3 Å². The SMILES string of the molecule is CSc1cccc(NC(=O)COC(=O)COc2ccc(Cl)cc2Cl)c1. The maximum absolute atomic E-state index is 11.8. The van der Waals surface area contributed by atoms with E-state index in [0.717, 1.165) is 4.90 Å². The molecule has 0 aliphatic heterocycles. The number of rotatable bonds is 7. The van der Waals surface area contributed by atoms with Crippen molar-refractivity contribution in [1.29, 1.82) is 0 Å². The molecule has 132 valence electrons. The lowest BCUT2D eigenvalue weighted by Crippen LogP contribution is -2.23. The predicted octanol–water partition coefficient (Wildman–Crippen LogP) is 4.28. The number of thioether (sulfide) groups is 1. The number of ether oxygens (including phenoxy) is 2. The Morgan fingerprint density at radius 1 is 1.12 bits per heavy atom. The van der Waals surface area contributed by atoms with Gasteiger partial charge < -0.3 is 14.8 Å². The molecule has 0 spiro atoms. The largest absolute Gasteiger partial charge is 0.480 e. The van der Waals surface area contributed by atoms with Gasteiger partial charge in [-0.2, -0.15) is 0 Å². The number of anilines is 1. The van der Waals surface area contributed by atoms with E-state index in [1.165, 1.54) is 6.07 Å². The first kappa shape index (κ1) is 19.4. The summed E-state index contributed by atoms with van der Waals surface area (Å²) in [5, 5.41) is 3.40. The molecule has 0 saturated carbocycles. The molecule has 0 aliphatic rings. The Morgan fingerprint density at radius 2 is 1.92 bits per heavy atom. The van der Waals surface area contributed by atoms with E-state index >= 15 is 0 Å². The Morgan fingerprint density at radius 3 is 2.64 bits per heavy atom. The van der Waals surface area contributed by atoms with Gasteiger partial charge in [0.1, 0.15) is 5.75 Å². The third-order valence-electron chi connectivity index (χ3n) is 2.96. The van der Waals surface area contributed by atoms with Crippen LogP contribution in [0.15, 0.2) is 47.4 Å². The van der Waals surface area contributed by atoms with Crippen LogP contribution in [0.2, 0.25) is 10.0 Å². The van der Waals surface area contributed by atoms with Gasteiger partial charge in [0, 0.05) is 15.6 Å². The summed E-state index contributed by atoms with van der Waals surface area (Å²) in [7, 11) is 0. The summed E-state index contributed by atoms with van der Waals surface area (Å²) in [4.78, 5) is 24.5. The van der Waals surface area contributed by atoms with Crippen LogP contribution in [0.3, 0.4) is 0 Å². The molecule has 1 amide bonds. The monoisotopic (exact) mass is 399 g/mol. The van der Waals surface area contributed by atoms with Crippen LogP contribution in [-0.2, 0) is 14.3 Å². The van der Waals surface area contributed by atoms with Crippen LogP contribution in [0.4, 0.5) is 5.69 Å². The Balaban J connectivity index is 1.76. The highest BCUT2D eigenvalue weighted by molar-refractivity contribution is 7.98. The maximum atomic E-state index is 11.8. The van der Waals surface area contributed by atoms with Gasteiger partial charge in [0.25, 0.3) is 5.91 Å². The summed E-state index contributed by atoms with van der Waals surface area (Å²) < 4.78 is 10.1. The molecule has 1 N–H and O–H groups in total. The number of nitrogens with one attached hydrogen (secondary N) is 1. The molecule has 0 bridgehead atoms. The molecule has 8 heteroatoms. The first-order valence-electron chi connectivity index (χ1n) is 7.15. The topological polar surface area (TPSA) is 64.6 Å². The van der Waals surface area contributed by atoms with Gasteiger partial charge in [-0.25, -0.2) is 4.79 Å². The van der Waals surface area contributed by atoms with Crippen molar-refractivity contribution in [2.45, 2.75) is 4.90 Å². The van der Waals surface area contributed by atoms with Crippen LogP contribution >= 0.6 is 35.0 Å².